The van der Waals surface area contributed by atoms with E-state index < -0.39 is 11.7 Å². The van der Waals surface area contributed by atoms with Crippen molar-refractivity contribution >= 4 is 23.6 Å². The first-order valence-corrected chi connectivity index (χ1v) is 14.2. The van der Waals surface area contributed by atoms with Gasteiger partial charge < -0.3 is 30.5 Å². The number of carbonyl (C=O) groups is 2. The standard InChI is InChI=1S/C30H40ClN3O5/c1-20-7-3-9-24(17-20)39-27-25(10-4-11-26(27)31)30(37,14-6-15-33-29(36)38-2)22-8-5-16-34(19-22)28(35)21-12-13-23(32)18-21/h3-4,7,9-11,17,21-23,37H,5-6,8,12-16,18-19,32H2,1-2H3,(H,33,36). The molecule has 9 heteroatoms. The number of halogens is 1. The fraction of sp³-hybridized carbons (Fsp3) is 0.533. The van der Waals surface area contributed by atoms with Crippen LogP contribution in [0.1, 0.15) is 56.1 Å². The SMILES string of the molecule is COC(=O)NCCCC(O)(c1cccc(Cl)c1Oc1cccc(C)c1)C1CCCN(C(=O)C2CCC(N)C2)C1. The average molecular weight is 558 g/mol. The molecule has 212 valence electrons. The van der Waals surface area contributed by atoms with Crippen molar-refractivity contribution in [3.8, 4) is 11.5 Å². The molecule has 2 fully saturated rings. The number of nitrogens with two attached hydrogens (primary N) is 1. The summed E-state index contributed by atoms with van der Waals surface area (Å²) < 4.78 is 11.0. The second-order valence-electron chi connectivity index (χ2n) is 10.9. The lowest BCUT2D eigenvalue weighted by molar-refractivity contribution is -0.141. The van der Waals surface area contributed by atoms with Gasteiger partial charge >= 0.3 is 6.09 Å². The minimum Gasteiger partial charge on any atom is -0.455 e. The Labute approximate surface area is 235 Å². The summed E-state index contributed by atoms with van der Waals surface area (Å²) in [7, 11) is 1.32. The van der Waals surface area contributed by atoms with Crippen LogP contribution in [0.25, 0.3) is 0 Å². The molecule has 2 aromatic carbocycles. The summed E-state index contributed by atoms with van der Waals surface area (Å²) in [6.45, 7) is 3.42. The number of methoxy groups -OCH3 is 1. The zero-order chi connectivity index (χ0) is 28.0. The van der Waals surface area contributed by atoms with Crippen LogP contribution in [0.4, 0.5) is 4.79 Å². The summed E-state index contributed by atoms with van der Waals surface area (Å²) in [6, 6.07) is 13.1. The Balaban J connectivity index is 1.64. The number of aryl methyl sites for hydroxylation is 1. The van der Waals surface area contributed by atoms with E-state index in [1.165, 1.54) is 7.11 Å². The normalized spacial score (nSPS) is 22.7. The molecule has 2 aromatic rings. The van der Waals surface area contributed by atoms with Crippen LogP contribution in [0.3, 0.4) is 0 Å². The fourth-order valence-electron chi connectivity index (χ4n) is 6.00. The predicted octanol–water partition coefficient (Wildman–Crippen LogP) is 5.13. The number of nitrogens with zero attached hydrogens (tertiary/aromatic N) is 1. The monoisotopic (exact) mass is 557 g/mol. The van der Waals surface area contributed by atoms with Crippen molar-refractivity contribution in [2.45, 2.75) is 63.5 Å². The zero-order valence-corrected chi connectivity index (χ0v) is 23.6. The lowest BCUT2D eigenvalue weighted by Crippen LogP contribution is -2.49. The minimum atomic E-state index is -1.35. The maximum Gasteiger partial charge on any atom is 0.406 e. The number of amides is 2. The highest BCUT2D eigenvalue weighted by atomic mass is 35.5. The van der Waals surface area contributed by atoms with Gasteiger partial charge in [0.2, 0.25) is 5.91 Å². The van der Waals surface area contributed by atoms with Gasteiger partial charge in [-0.05, 0) is 75.6 Å². The van der Waals surface area contributed by atoms with Gasteiger partial charge in [0, 0.05) is 43.1 Å². The molecule has 0 bridgehead atoms. The molecule has 1 heterocycles. The third-order valence-electron chi connectivity index (χ3n) is 8.06. The van der Waals surface area contributed by atoms with Gasteiger partial charge in [-0.25, -0.2) is 4.79 Å². The number of hydrogen-bond acceptors (Lipinski definition) is 6. The number of para-hydroxylation sites is 1. The Bertz CT molecular complexity index is 1160. The number of ether oxygens (including phenoxy) is 2. The number of hydrogen-bond donors (Lipinski definition) is 3. The van der Waals surface area contributed by atoms with Crippen molar-refractivity contribution in [2.24, 2.45) is 17.6 Å². The van der Waals surface area contributed by atoms with Gasteiger partial charge in [0.1, 0.15) is 5.75 Å². The lowest BCUT2D eigenvalue weighted by Gasteiger charge is -2.44. The Morgan fingerprint density at radius 3 is 2.72 bits per heavy atom. The van der Waals surface area contributed by atoms with Gasteiger partial charge in [-0.3, -0.25) is 4.79 Å². The maximum absolute atomic E-state index is 13.4. The first kappa shape index (κ1) is 29.2. The van der Waals surface area contributed by atoms with E-state index in [1.807, 2.05) is 48.2 Å². The summed E-state index contributed by atoms with van der Waals surface area (Å²) in [5, 5.41) is 15.6. The highest BCUT2D eigenvalue weighted by Gasteiger charge is 2.44. The molecule has 0 radical (unpaired) electrons. The van der Waals surface area contributed by atoms with Gasteiger partial charge in [-0.15, -0.1) is 0 Å². The molecule has 4 atom stereocenters. The summed E-state index contributed by atoms with van der Waals surface area (Å²) in [5.74, 6) is 0.851. The number of nitrogens with one attached hydrogen (secondary N) is 1. The van der Waals surface area contributed by atoms with Crippen molar-refractivity contribution in [3.63, 3.8) is 0 Å². The number of piperidine rings is 1. The molecule has 2 aliphatic rings. The largest absolute Gasteiger partial charge is 0.455 e. The number of alkyl carbamates (subject to hydrolysis) is 1. The van der Waals surface area contributed by atoms with Crippen molar-refractivity contribution in [1.82, 2.24) is 10.2 Å². The van der Waals surface area contributed by atoms with Crippen LogP contribution in [0, 0.1) is 18.8 Å². The Hall–Kier alpha value is -2.81. The van der Waals surface area contributed by atoms with Gasteiger partial charge in [0.25, 0.3) is 0 Å². The van der Waals surface area contributed by atoms with Crippen LogP contribution in [-0.4, -0.2) is 54.8 Å². The maximum atomic E-state index is 13.4. The van der Waals surface area contributed by atoms with Crippen LogP contribution >= 0.6 is 11.6 Å². The van der Waals surface area contributed by atoms with Gasteiger partial charge in [0.15, 0.2) is 5.75 Å². The van der Waals surface area contributed by atoms with Crippen molar-refractivity contribution in [1.29, 1.82) is 0 Å². The minimum absolute atomic E-state index is 0.0533. The van der Waals surface area contributed by atoms with Crippen LogP contribution in [0.2, 0.25) is 5.02 Å². The second-order valence-corrected chi connectivity index (χ2v) is 11.3. The average Bonchev–Trinajstić information content (AvgIpc) is 3.37. The molecule has 39 heavy (non-hydrogen) atoms. The fourth-order valence-corrected chi connectivity index (χ4v) is 6.21. The Kier molecular flexibility index (Phi) is 9.75. The highest BCUT2D eigenvalue weighted by molar-refractivity contribution is 6.32. The third kappa shape index (κ3) is 7.04. The third-order valence-corrected chi connectivity index (χ3v) is 8.36. The number of benzene rings is 2. The molecule has 1 saturated carbocycles. The van der Waals surface area contributed by atoms with Crippen LogP contribution < -0.4 is 15.8 Å². The Morgan fingerprint density at radius 1 is 1.21 bits per heavy atom. The summed E-state index contributed by atoms with van der Waals surface area (Å²) >= 11 is 6.68. The van der Waals surface area contributed by atoms with Crippen molar-refractivity contribution in [3.05, 3.63) is 58.6 Å². The molecule has 4 rings (SSSR count). The van der Waals surface area contributed by atoms with E-state index in [0.29, 0.717) is 61.0 Å². The van der Waals surface area contributed by atoms with E-state index in [2.05, 4.69) is 10.1 Å². The van der Waals surface area contributed by atoms with E-state index in [1.54, 1.807) is 6.07 Å². The molecule has 4 N–H and O–H groups in total. The van der Waals surface area contributed by atoms with Crippen LogP contribution in [0.5, 0.6) is 11.5 Å². The lowest BCUT2D eigenvalue weighted by atomic mass is 9.73. The Morgan fingerprint density at radius 2 is 2.00 bits per heavy atom. The van der Waals surface area contributed by atoms with E-state index >= 15 is 0 Å². The van der Waals surface area contributed by atoms with Gasteiger partial charge in [-0.1, -0.05) is 35.9 Å². The van der Waals surface area contributed by atoms with Crippen molar-refractivity contribution in [2.75, 3.05) is 26.7 Å². The van der Waals surface area contributed by atoms with E-state index in [0.717, 1.165) is 31.2 Å². The molecular weight excluding hydrogens is 518 g/mol. The van der Waals surface area contributed by atoms with Crippen LogP contribution in [-0.2, 0) is 15.1 Å². The molecule has 0 aromatic heterocycles. The number of likely N-dealkylation sites (tertiary alicyclic amines) is 1. The molecule has 1 aliphatic heterocycles. The highest BCUT2D eigenvalue weighted by Crippen LogP contribution is 2.46. The van der Waals surface area contributed by atoms with Gasteiger partial charge in [-0.2, -0.15) is 0 Å². The topological polar surface area (TPSA) is 114 Å². The molecule has 8 nitrogen and oxygen atoms in total. The smallest absolute Gasteiger partial charge is 0.406 e. The quantitative estimate of drug-likeness (QED) is 0.368. The molecule has 1 saturated heterocycles. The molecule has 1 aliphatic carbocycles. The molecule has 0 spiro atoms. The van der Waals surface area contributed by atoms with E-state index in [4.69, 9.17) is 22.1 Å². The number of carbonyl (C=O) groups excluding carboxylic acids is 2. The molecule has 2 amide bonds. The second kappa shape index (κ2) is 13.0. The zero-order valence-electron chi connectivity index (χ0n) is 22.8. The predicted molar refractivity (Wildman–Crippen MR) is 151 cm³/mol. The van der Waals surface area contributed by atoms with Crippen molar-refractivity contribution < 1.29 is 24.2 Å². The van der Waals surface area contributed by atoms with Gasteiger partial charge in [0.05, 0.1) is 17.7 Å². The summed E-state index contributed by atoms with van der Waals surface area (Å²) in [4.78, 5) is 26.9. The summed E-state index contributed by atoms with van der Waals surface area (Å²) in [5.41, 5.74) is 6.36. The number of rotatable bonds is 9. The summed E-state index contributed by atoms with van der Waals surface area (Å²) in [6.07, 6.45) is 4.23. The van der Waals surface area contributed by atoms with E-state index in [9.17, 15) is 14.7 Å². The van der Waals surface area contributed by atoms with E-state index in [-0.39, 0.29) is 23.8 Å². The first-order chi connectivity index (χ1) is 18.7. The molecular formula is C30H40ClN3O5. The van der Waals surface area contributed by atoms with Crippen LogP contribution in [0.15, 0.2) is 42.5 Å². The molecule has 4 unspecified atom stereocenters. The first-order valence-electron chi connectivity index (χ1n) is 13.8. The number of aliphatic hydroxyl groups is 1.